The van der Waals surface area contributed by atoms with Crippen LogP contribution in [0.15, 0.2) is 36.7 Å². The van der Waals surface area contributed by atoms with Crippen LogP contribution in [-0.2, 0) is 12.7 Å². The van der Waals surface area contributed by atoms with Gasteiger partial charge in [0, 0.05) is 18.3 Å². The van der Waals surface area contributed by atoms with Crippen LogP contribution in [0.3, 0.4) is 0 Å². The number of ether oxygens (including phenoxy) is 2. The normalized spacial score (nSPS) is 12.7. The topological polar surface area (TPSA) is 62.1 Å². The molecule has 154 valence electrons. The summed E-state index contributed by atoms with van der Waals surface area (Å²) in [5, 5.41) is 0.0234. The predicted molar refractivity (Wildman–Crippen MR) is 101 cm³/mol. The van der Waals surface area contributed by atoms with Crippen LogP contribution in [0.5, 0.6) is 11.6 Å². The number of aryl methyl sites for hydroxylation is 1. The first-order valence-corrected chi connectivity index (χ1v) is 9.08. The summed E-state index contributed by atoms with van der Waals surface area (Å²) in [6.45, 7) is 3.93. The van der Waals surface area contributed by atoms with E-state index in [1.54, 1.807) is 38.1 Å². The first-order chi connectivity index (χ1) is 13.7. The van der Waals surface area contributed by atoms with Gasteiger partial charge in [-0.05, 0) is 31.0 Å². The molecular formula is C19H18ClF3N4O2. The van der Waals surface area contributed by atoms with Gasteiger partial charge in [0.2, 0.25) is 5.28 Å². The van der Waals surface area contributed by atoms with Gasteiger partial charge in [-0.3, -0.25) is 0 Å². The van der Waals surface area contributed by atoms with E-state index >= 15 is 0 Å². The Balaban J connectivity index is 1.84. The molecule has 1 atom stereocenters. The van der Waals surface area contributed by atoms with E-state index in [-0.39, 0.29) is 17.0 Å². The molecule has 0 N–H and O–H groups in total. The average molecular weight is 427 g/mol. The average Bonchev–Trinajstić information content (AvgIpc) is 3.13. The lowest BCUT2D eigenvalue weighted by atomic mass is 10.1. The van der Waals surface area contributed by atoms with Crippen LogP contribution in [0.1, 0.15) is 31.2 Å². The van der Waals surface area contributed by atoms with Gasteiger partial charge in [-0.1, -0.05) is 24.3 Å². The third-order valence-corrected chi connectivity index (χ3v) is 4.43. The highest BCUT2D eigenvalue weighted by Crippen LogP contribution is 2.32. The Kier molecular flexibility index (Phi) is 5.97. The maximum Gasteiger partial charge on any atom is 0.434 e. The number of imidazole rings is 1. The van der Waals surface area contributed by atoms with Gasteiger partial charge in [0.15, 0.2) is 11.4 Å². The number of methoxy groups -OCH3 is 1. The van der Waals surface area contributed by atoms with Crippen molar-refractivity contribution in [3.05, 3.63) is 53.2 Å². The number of benzene rings is 1. The highest BCUT2D eigenvalue weighted by atomic mass is 35.5. The van der Waals surface area contributed by atoms with Gasteiger partial charge in [-0.15, -0.1) is 0 Å². The van der Waals surface area contributed by atoms with Gasteiger partial charge in [0.25, 0.3) is 5.88 Å². The Hall–Kier alpha value is -2.81. The molecule has 2 heterocycles. The summed E-state index contributed by atoms with van der Waals surface area (Å²) in [5.41, 5.74) is 0.444. The second kappa shape index (κ2) is 8.28. The van der Waals surface area contributed by atoms with Crippen molar-refractivity contribution in [3.8, 4) is 23.0 Å². The molecule has 3 aromatic rings. The van der Waals surface area contributed by atoms with Crippen molar-refractivity contribution >= 4 is 11.6 Å². The lowest BCUT2D eigenvalue weighted by Crippen LogP contribution is -2.06. The number of alkyl halides is 3. The number of rotatable bonds is 6. The van der Waals surface area contributed by atoms with Gasteiger partial charge < -0.3 is 14.0 Å². The molecule has 0 saturated carbocycles. The van der Waals surface area contributed by atoms with Crippen molar-refractivity contribution in [2.45, 2.75) is 32.7 Å². The van der Waals surface area contributed by atoms with E-state index in [1.165, 1.54) is 17.9 Å². The molecule has 0 fully saturated rings. The lowest BCUT2D eigenvalue weighted by Gasteiger charge is -2.16. The van der Waals surface area contributed by atoms with Crippen LogP contribution in [0.2, 0.25) is 5.28 Å². The first kappa shape index (κ1) is 20.9. The molecule has 0 aliphatic rings. The SMILES string of the molecule is CCn1cc(C(F)(F)F)nc1-c1ccc([C@H](C)Oc2nc(Cl)ncc2OC)cc1. The van der Waals surface area contributed by atoms with Crippen LogP contribution in [0, 0.1) is 0 Å². The molecule has 0 saturated heterocycles. The molecule has 0 bridgehead atoms. The second-order valence-corrected chi connectivity index (χ2v) is 6.47. The summed E-state index contributed by atoms with van der Waals surface area (Å²) in [5.74, 6) is 0.784. The molecule has 3 rings (SSSR count). The predicted octanol–water partition coefficient (Wildman–Crippen LogP) is 5.18. The molecule has 1 aromatic carbocycles. The molecule has 0 amide bonds. The third-order valence-electron chi connectivity index (χ3n) is 4.25. The number of aromatic nitrogens is 4. The largest absolute Gasteiger partial charge is 0.490 e. The van der Waals surface area contributed by atoms with Crippen LogP contribution >= 0.6 is 11.6 Å². The zero-order valence-electron chi connectivity index (χ0n) is 15.9. The second-order valence-electron chi connectivity index (χ2n) is 6.13. The molecule has 6 nitrogen and oxygen atoms in total. The summed E-state index contributed by atoms with van der Waals surface area (Å²) < 4.78 is 51.4. The van der Waals surface area contributed by atoms with E-state index in [0.717, 1.165) is 11.8 Å². The molecule has 0 radical (unpaired) electrons. The zero-order valence-corrected chi connectivity index (χ0v) is 16.6. The maximum atomic E-state index is 13.0. The number of halogens is 4. The van der Waals surface area contributed by atoms with Gasteiger partial charge in [-0.2, -0.15) is 18.2 Å². The van der Waals surface area contributed by atoms with Crippen LogP contribution in [0.25, 0.3) is 11.4 Å². The first-order valence-electron chi connectivity index (χ1n) is 8.70. The number of nitrogens with zero attached hydrogens (tertiary/aromatic N) is 4. The summed E-state index contributed by atoms with van der Waals surface area (Å²) in [4.78, 5) is 11.6. The minimum Gasteiger partial charge on any atom is -0.490 e. The molecule has 0 unspecified atom stereocenters. The van der Waals surface area contributed by atoms with E-state index in [0.29, 0.717) is 17.9 Å². The minimum absolute atomic E-state index is 0.0234. The smallest absolute Gasteiger partial charge is 0.434 e. The Morgan fingerprint density at radius 1 is 1.17 bits per heavy atom. The quantitative estimate of drug-likeness (QED) is 0.508. The van der Waals surface area contributed by atoms with Gasteiger partial charge >= 0.3 is 6.18 Å². The summed E-state index contributed by atoms with van der Waals surface area (Å²) in [7, 11) is 1.46. The fourth-order valence-electron chi connectivity index (χ4n) is 2.72. The molecule has 0 aliphatic carbocycles. The summed E-state index contributed by atoms with van der Waals surface area (Å²) >= 11 is 5.81. The van der Waals surface area contributed by atoms with Crippen LogP contribution in [0.4, 0.5) is 13.2 Å². The molecule has 0 spiro atoms. The monoisotopic (exact) mass is 426 g/mol. The molecule has 10 heteroatoms. The zero-order chi connectivity index (χ0) is 21.2. The van der Waals surface area contributed by atoms with E-state index in [1.807, 2.05) is 0 Å². The molecule has 29 heavy (non-hydrogen) atoms. The molecule has 2 aromatic heterocycles. The van der Waals surface area contributed by atoms with Crippen molar-refractivity contribution < 1.29 is 22.6 Å². The fourth-order valence-corrected chi connectivity index (χ4v) is 2.85. The van der Waals surface area contributed by atoms with E-state index in [2.05, 4.69) is 15.0 Å². The van der Waals surface area contributed by atoms with Gasteiger partial charge in [0.05, 0.1) is 13.3 Å². The number of hydrogen-bond donors (Lipinski definition) is 0. The van der Waals surface area contributed by atoms with E-state index in [4.69, 9.17) is 21.1 Å². The Morgan fingerprint density at radius 3 is 2.45 bits per heavy atom. The van der Waals surface area contributed by atoms with Crippen LogP contribution < -0.4 is 9.47 Å². The van der Waals surface area contributed by atoms with Gasteiger partial charge in [0.1, 0.15) is 11.9 Å². The van der Waals surface area contributed by atoms with Crippen molar-refractivity contribution in [2.24, 2.45) is 0 Å². The van der Waals surface area contributed by atoms with Crippen molar-refractivity contribution in [1.82, 2.24) is 19.5 Å². The minimum atomic E-state index is -4.49. The Labute approximate surface area is 170 Å². The Morgan fingerprint density at radius 2 is 1.86 bits per heavy atom. The van der Waals surface area contributed by atoms with E-state index in [9.17, 15) is 13.2 Å². The number of hydrogen-bond acceptors (Lipinski definition) is 5. The molecular weight excluding hydrogens is 409 g/mol. The lowest BCUT2D eigenvalue weighted by molar-refractivity contribution is -0.140. The highest BCUT2D eigenvalue weighted by molar-refractivity contribution is 6.28. The summed E-state index contributed by atoms with van der Waals surface area (Å²) in [6.07, 6.45) is -2.49. The maximum absolute atomic E-state index is 13.0. The highest BCUT2D eigenvalue weighted by Gasteiger charge is 2.34. The summed E-state index contributed by atoms with van der Waals surface area (Å²) in [6, 6.07) is 6.93. The standard InChI is InChI=1S/C19H18ClF3N4O2/c1-4-27-10-15(19(21,22)23)25-16(27)13-7-5-12(6-8-13)11(2)29-17-14(28-3)9-24-18(20)26-17/h5-11H,4H2,1-3H3/t11-/m0/s1. The van der Waals surface area contributed by atoms with E-state index < -0.39 is 18.0 Å². The molecule has 0 aliphatic heterocycles. The fraction of sp³-hybridized carbons (Fsp3) is 0.316. The van der Waals surface area contributed by atoms with Gasteiger partial charge in [-0.25, -0.2) is 9.97 Å². The van der Waals surface area contributed by atoms with Crippen molar-refractivity contribution in [1.29, 1.82) is 0 Å². The Bertz CT molecular complexity index is 990. The van der Waals surface area contributed by atoms with Crippen molar-refractivity contribution in [2.75, 3.05) is 7.11 Å². The third kappa shape index (κ3) is 4.61. The van der Waals surface area contributed by atoms with Crippen molar-refractivity contribution in [3.63, 3.8) is 0 Å². The van der Waals surface area contributed by atoms with Crippen LogP contribution in [-0.4, -0.2) is 26.6 Å².